The number of benzene rings is 3. The largest absolute Gasteiger partial charge is 0.479 e. The van der Waals surface area contributed by atoms with E-state index in [1.54, 1.807) is 6.07 Å². The molecule has 3 N–H and O–H groups in total. The van der Waals surface area contributed by atoms with Gasteiger partial charge in [0.2, 0.25) is 0 Å². The normalized spacial score (nSPS) is 14.0. The number of halogens is 3. The molecule has 0 saturated heterocycles. The van der Waals surface area contributed by atoms with E-state index in [9.17, 15) is 37.5 Å². The maximum Gasteiger partial charge on any atom is 0.446 e. The van der Waals surface area contributed by atoms with Gasteiger partial charge in [-0.1, -0.05) is 30.3 Å². The summed E-state index contributed by atoms with van der Waals surface area (Å²) in [7, 11) is 0. The standard InChI is InChI=1S/C31H26F3NO6S/c32-31(33,34)42-24-13-11-19(12-14-24)26(36)16-25(23-10-5-18-3-1-2-4-22(18)15-23)28(38)20-6-8-21(9-7-20)29(39)35-17-27(37)30(40)41/h5-16,27,37H,1-4,17H2,(H,35,39)(H,40,41)/t27-/m1/s1. The van der Waals surface area contributed by atoms with Crippen molar-refractivity contribution in [2.45, 2.75) is 42.2 Å². The minimum atomic E-state index is -4.46. The average Bonchev–Trinajstić information content (AvgIpc) is 2.97. The van der Waals surface area contributed by atoms with Gasteiger partial charge in [-0.3, -0.25) is 14.4 Å². The van der Waals surface area contributed by atoms with Gasteiger partial charge in [0.25, 0.3) is 5.91 Å². The number of Topliss-reactive ketones (excluding diaryl/α,β-unsaturated/α-hetero) is 1. The van der Waals surface area contributed by atoms with Gasteiger partial charge in [0.1, 0.15) is 0 Å². The number of thioether (sulfide) groups is 1. The van der Waals surface area contributed by atoms with Gasteiger partial charge in [-0.15, -0.1) is 0 Å². The van der Waals surface area contributed by atoms with Crippen molar-refractivity contribution in [3.63, 3.8) is 0 Å². The number of hydrogen-bond acceptors (Lipinski definition) is 6. The van der Waals surface area contributed by atoms with Crippen LogP contribution in [-0.4, -0.2) is 51.8 Å². The summed E-state index contributed by atoms with van der Waals surface area (Å²) in [4.78, 5) is 49.9. The SMILES string of the molecule is O=C(C=C(C(=O)c1ccc(C(=O)NC[C@@H](O)C(=O)O)cc1)c1ccc2c(c1)CCCC2)c1ccc(SC(F)(F)F)cc1. The Balaban J connectivity index is 1.63. The molecule has 0 saturated carbocycles. The smallest absolute Gasteiger partial charge is 0.446 e. The van der Waals surface area contributed by atoms with E-state index in [2.05, 4.69) is 5.32 Å². The van der Waals surface area contributed by atoms with Crippen LogP contribution in [0.5, 0.6) is 0 Å². The van der Waals surface area contributed by atoms with Crippen molar-refractivity contribution in [3.8, 4) is 0 Å². The van der Waals surface area contributed by atoms with Crippen LogP contribution in [-0.2, 0) is 17.6 Å². The number of aliphatic hydroxyl groups excluding tert-OH is 1. The fourth-order valence-corrected chi connectivity index (χ4v) is 5.06. The zero-order valence-electron chi connectivity index (χ0n) is 22.1. The van der Waals surface area contributed by atoms with Crippen LogP contribution in [0.2, 0.25) is 0 Å². The van der Waals surface area contributed by atoms with Crippen LogP contribution in [0.1, 0.15) is 60.6 Å². The minimum absolute atomic E-state index is 0.0735. The van der Waals surface area contributed by atoms with Gasteiger partial charge in [0.15, 0.2) is 17.7 Å². The Labute approximate surface area is 243 Å². The number of alkyl halides is 3. The van der Waals surface area contributed by atoms with Gasteiger partial charge in [-0.25, -0.2) is 4.79 Å². The van der Waals surface area contributed by atoms with Crippen molar-refractivity contribution in [1.29, 1.82) is 0 Å². The lowest BCUT2D eigenvalue weighted by Gasteiger charge is -2.17. The molecule has 0 bridgehead atoms. The Morgan fingerprint density at radius 2 is 1.40 bits per heavy atom. The lowest BCUT2D eigenvalue weighted by Crippen LogP contribution is -2.36. The summed E-state index contributed by atoms with van der Waals surface area (Å²) < 4.78 is 38.1. The number of carboxylic acids is 1. The maximum absolute atomic E-state index is 13.7. The summed E-state index contributed by atoms with van der Waals surface area (Å²) in [6, 6.07) is 16.0. The Hall–Kier alpha value is -4.22. The second-order valence-corrected chi connectivity index (χ2v) is 10.8. The van der Waals surface area contributed by atoms with E-state index < -0.39 is 41.6 Å². The van der Waals surface area contributed by atoms with Crippen LogP contribution in [0.15, 0.2) is 77.7 Å². The van der Waals surface area contributed by atoms with E-state index in [1.165, 1.54) is 60.2 Å². The molecule has 1 amide bonds. The van der Waals surface area contributed by atoms with Crippen LogP contribution in [0, 0.1) is 0 Å². The number of fused-ring (bicyclic) bond motifs is 1. The fraction of sp³-hybridized carbons (Fsp3) is 0.226. The summed E-state index contributed by atoms with van der Waals surface area (Å²) in [5.41, 5.74) is -1.21. The first-order valence-electron chi connectivity index (χ1n) is 13.0. The molecule has 3 aromatic carbocycles. The molecule has 4 rings (SSSR count). The van der Waals surface area contributed by atoms with Crippen LogP contribution in [0.4, 0.5) is 13.2 Å². The molecule has 0 radical (unpaired) electrons. The summed E-state index contributed by atoms with van der Waals surface area (Å²) in [6.45, 7) is -0.502. The molecule has 0 unspecified atom stereocenters. The van der Waals surface area contributed by atoms with Crippen LogP contribution in [0.25, 0.3) is 5.57 Å². The number of allylic oxidation sites excluding steroid dienone is 2. The van der Waals surface area contributed by atoms with E-state index in [0.717, 1.165) is 31.2 Å². The number of carbonyl (C=O) groups excluding carboxylic acids is 3. The number of aliphatic hydroxyl groups is 1. The predicted molar refractivity (Wildman–Crippen MR) is 150 cm³/mol. The molecule has 218 valence electrons. The molecule has 0 fully saturated rings. The maximum atomic E-state index is 13.7. The lowest BCUT2D eigenvalue weighted by atomic mass is 9.87. The van der Waals surface area contributed by atoms with Gasteiger partial charge in [0.05, 0.1) is 6.54 Å². The molecule has 7 nitrogen and oxygen atoms in total. The molecule has 0 spiro atoms. The topological polar surface area (TPSA) is 121 Å². The summed E-state index contributed by atoms with van der Waals surface area (Å²) >= 11 is -0.292. The van der Waals surface area contributed by atoms with Crippen molar-refractivity contribution < 1.29 is 42.6 Å². The van der Waals surface area contributed by atoms with E-state index in [1.807, 2.05) is 12.1 Å². The quantitative estimate of drug-likeness (QED) is 0.160. The third kappa shape index (κ3) is 7.95. The zero-order valence-corrected chi connectivity index (χ0v) is 22.9. The van der Waals surface area contributed by atoms with Gasteiger partial charge in [-0.05, 0) is 96.6 Å². The Kier molecular flexibility index (Phi) is 9.64. The molecule has 42 heavy (non-hydrogen) atoms. The molecule has 0 heterocycles. The van der Waals surface area contributed by atoms with Gasteiger partial charge < -0.3 is 15.5 Å². The number of ketones is 2. The Bertz CT molecular complexity index is 1530. The van der Waals surface area contributed by atoms with Crippen molar-refractivity contribution in [2.24, 2.45) is 0 Å². The van der Waals surface area contributed by atoms with E-state index >= 15 is 0 Å². The second kappa shape index (κ2) is 13.2. The summed E-state index contributed by atoms with van der Waals surface area (Å²) in [5.74, 6) is -3.20. The van der Waals surface area contributed by atoms with Crippen LogP contribution < -0.4 is 5.32 Å². The number of aliphatic carboxylic acids is 1. The Morgan fingerprint density at radius 1 is 0.833 bits per heavy atom. The highest BCUT2D eigenvalue weighted by Crippen LogP contribution is 2.37. The molecular formula is C31H26F3NO6S. The highest BCUT2D eigenvalue weighted by molar-refractivity contribution is 8.00. The van der Waals surface area contributed by atoms with Gasteiger partial charge in [0, 0.05) is 27.2 Å². The third-order valence-corrected chi connectivity index (χ3v) is 7.44. The third-order valence-electron chi connectivity index (χ3n) is 6.70. The first-order valence-corrected chi connectivity index (χ1v) is 13.8. The highest BCUT2D eigenvalue weighted by Gasteiger charge is 2.29. The number of hydrogen-bond donors (Lipinski definition) is 3. The first kappa shape index (κ1) is 30.7. The number of aryl methyl sites for hydroxylation is 2. The number of amides is 1. The Morgan fingerprint density at radius 3 is 2.02 bits per heavy atom. The number of rotatable bonds is 10. The monoisotopic (exact) mass is 597 g/mol. The molecule has 1 aliphatic rings. The fourth-order valence-electron chi connectivity index (χ4n) is 4.52. The molecule has 0 aliphatic heterocycles. The van der Waals surface area contributed by atoms with Gasteiger partial charge >= 0.3 is 11.5 Å². The molecule has 3 aromatic rings. The van der Waals surface area contributed by atoms with E-state index in [0.29, 0.717) is 5.56 Å². The van der Waals surface area contributed by atoms with E-state index in [4.69, 9.17) is 5.11 Å². The van der Waals surface area contributed by atoms with Crippen molar-refractivity contribution >= 4 is 40.8 Å². The minimum Gasteiger partial charge on any atom is -0.479 e. The lowest BCUT2D eigenvalue weighted by molar-refractivity contribution is -0.146. The predicted octanol–water partition coefficient (Wildman–Crippen LogP) is 5.50. The zero-order chi connectivity index (χ0) is 30.4. The first-order chi connectivity index (χ1) is 19.9. The van der Waals surface area contributed by atoms with E-state index in [-0.39, 0.29) is 38.9 Å². The number of carboxylic acid groups (broad SMARTS) is 1. The summed E-state index contributed by atoms with van der Waals surface area (Å²) in [5, 5.41) is 20.4. The second-order valence-electron chi connectivity index (χ2n) is 9.66. The summed E-state index contributed by atoms with van der Waals surface area (Å²) in [6.07, 6.45) is 3.21. The highest BCUT2D eigenvalue weighted by atomic mass is 32.2. The molecule has 0 aromatic heterocycles. The molecule has 1 aliphatic carbocycles. The van der Waals surface area contributed by atoms with Crippen molar-refractivity contribution in [2.75, 3.05) is 6.54 Å². The average molecular weight is 598 g/mol. The number of carbonyl (C=O) groups is 4. The molecular weight excluding hydrogens is 571 g/mol. The van der Waals surface area contributed by atoms with Crippen LogP contribution >= 0.6 is 11.8 Å². The van der Waals surface area contributed by atoms with Crippen molar-refractivity contribution in [1.82, 2.24) is 5.32 Å². The van der Waals surface area contributed by atoms with Crippen molar-refractivity contribution in [3.05, 3.63) is 106 Å². The van der Waals surface area contributed by atoms with Crippen LogP contribution in [0.3, 0.4) is 0 Å². The molecule has 11 heteroatoms. The number of nitrogens with one attached hydrogen (secondary N) is 1. The van der Waals surface area contributed by atoms with Gasteiger partial charge in [-0.2, -0.15) is 13.2 Å². The molecule has 1 atom stereocenters.